The Hall–Kier alpha value is -3.92. The van der Waals surface area contributed by atoms with Crippen molar-refractivity contribution in [1.29, 1.82) is 0 Å². The van der Waals surface area contributed by atoms with Crippen molar-refractivity contribution in [3.63, 3.8) is 0 Å². The van der Waals surface area contributed by atoms with E-state index in [4.69, 9.17) is 4.52 Å². The van der Waals surface area contributed by atoms with E-state index in [1.165, 1.54) is 17.7 Å². The first-order chi connectivity index (χ1) is 19.2. The van der Waals surface area contributed by atoms with Crippen LogP contribution in [0.4, 0.5) is 8.78 Å². The SMILES string of the molecule is C=C1CCC(N2Cc3cc(C4CCN(Cc5noc(-c6ccc(C(C)(F)F)cc6)n5)CC4)ccc3C2=O)C(=O)N1. The van der Waals surface area contributed by atoms with Crippen LogP contribution >= 0.6 is 0 Å². The molecule has 1 unspecified atom stereocenters. The number of likely N-dealkylation sites (tertiary alicyclic amines) is 1. The fourth-order valence-electron chi connectivity index (χ4n) is 5.89. The maximum atomic E-state index is 13.5. The summed E-state index contributed by atoms with van der Waals surface area (Å²) in [4.78, 5) is 33.9. The molecule has 2 amide bonds. The van der Waals surface area contributed by atoms with Crippen LogP contribution in [0.5, 0.6) is 0 Å². The molecule has 3 aliphatic rings. The van der Waals surface area contributed by atoms with E-state index >= 15 is 0 Å². The highest BCUT2D eigenvalue weighted by Gasteiger charge is 2.38. The number of piperidine rings is 2. The van der Waals surface area contributed by atoms with Crippen LogP contribution in [-0.4, -0.2) is 50.9 Å². The summed E-state index contributed by atoms with van der Waals surface area (Å²) in [5.74, 6) is -1.88. The molecule has 0 radical (unpaired) electrons. The number of nitrogens with one attached hydrogen (secondary N) is 1. The second-order valence-electron chi connectivity index (χ2n) is 11.0. The molecule has 208 valence electrons. The Bertz CT molecular complexity index is 1450. The van der Waals surface area contributed by atoms with Gasteiger partial charge in [0.1, 0.15) is 6.04 Å². The molecule has 2 saturated heterocycles. The predicted octanol–water partition coefficient (Wildman–Crippen LogP) is 4.98. The molecule has 1 aromatic heterocycles. The summed E-state index contributed by atoms with van der Waals surface area (Å²) < 4.78 is 32.4. The largest absolute Gasteiger partial charge is 0.334 e. The molecule has 2 aromatic carbocycles. The van der Waals surface area contributed by atoms with Gasteiger partial charge in [0, 0.05) is 35.9 Å². The number of rotatable bonds is 6. The molecular weight excluding hydrogens is 516 g/mol. The molecule has 0 aliphatic carbocycles. The Morgan fingerprint density at radius 3 is 2.55 bits per heavy atom. The number of alkyl halides is 2. The zero-order valence-corrected chi connectivity index (χ0v) is 22.3. The molecular formula is C30H31F2N5O3. The summed E-state index contributed by atoms with van der Waals surface area (Å²) in [6.45, 7) is 7.42. The van der Waals surface area contributed by atoms with Gasteiger partial charge in [-0.15, -0.1) is 0 Å². The first-order valence-corrected chi connectivity index (χ1v) is 13.6. The van der Waals surface area contributed by atoms with Gasteiger partial charge >= 0.3 is 0 Å². The summed E-state index contributed by atoms with van der Waals surface area (Å²) in [6, 6.07) is 11.5. The minimum atomic E-state index is -2.90. The topological polar surface area (TPSA) is 91.6 Å². The highest BCUT2D eigenvalue weighted by atomic mass is 19.3. The van der Waals surface area contributed by atoms with E-state index < -0.39 is 12.0 Å². The van der Waals surface area contributed by atoms with Gasteiger partial charge in [-0.05, 0) is 74.0 Å². The van der Waals surface area contributed by atoms with Gasteiger partial charge in [0.25, 0.3) is 17.7 Å². The molecule has 3 aliphatic heterocycles. The number of carbonyl (C=O) groups excluding carboxylic acids is 2. The number of nitrogens with zero attached hydrogens (tertiary/aromatic N) is 4. The molecule has 40 heavy (non-hydrogen) atoms. The maximum absolute atomic E-state index is 13.5. The van der Waals surface area contributed by atoms with Gasteiger partial charge in [0.2, 0.25) is 5.91 Å². The standard InChI is InChI=1S/C30H31F2N5O3/c1-18-3-10-25(27(38)33-18)37-16-22-15-21(6-9-24(22)29(37)39)19-11-13-36(14-12-19)17-26-34-28(40-35-26)20-4-7-23(8-5-20)30(2,31)32/h4-9,15,19,25H,1,3,10-14,16-17H2,2H3,(H,33,38). The summed E-state index contributed by atoms with van der Waals surface area (Å²) >= 11 is 0. The van der Waals surface area contributed by atoms with Crippen LogP contribution in [0.2, 0.25) is 0 Å². The summed E-state index contributed by atoms with van der Waals surface area (Å²) in [6.07, 6.45) is 3.20. The van der Waals surface area contributed by atoms with Gasteiger partial charge in [-0.3, -0.25) is 14.5 Å². The second kappa shape index (κ2) is 10.2. The zero-order chi connectivity index (χ0) is 28.0. The van der Waals surface area contributed by atoms with Crippen molar-refractivity contribution < 1.29 is 22.9 Å². The zero-order valence-electron chi connectivity index (χ0n) is 22.3. The van der Waals surface area contributed by atoms with E-state index in [0.29, 0.717) is 60.4 Å². The molecule has 4 heterocycles. The third kappa shape index (κ3) is 5.15. The molecule has 2 fully saturated rings. The lowest BCUT2D eigenvalue weighted by molar-refractivity contribution is -0.126. The molecule has 0 saturated carbocycles. The minimum Gasteiger partial charge on any atom is -0.334 e. The minimum absolute atomic E-state index is 0.0607. The van der Waals surface area contributed by atoms with Gasteiger partial charge in [0.05, 0.1) is 6.54 Å². The highest BCUT2D eigenvalue weighted by molar-refractivity contribution is 6.01. The van der Waals surface area contributed by atoms with Crippen LogP contribution in [0.1, 0.15) is 71.4 Å². The fourth-order valence-corrected chi connectivity index (χ4v) is 5.89. The first kappa shape index (κ1) is 26.3. The third-order valence-corrected chi connectivity index (χ3v) is 8.19. The number of aromatic nitrogens is 2. The van der Waals surface area contributed by atoms with Crippen molar-refractivity contribution >= 4 is 11.8 Å². The van der Waals surface area contributed by atoms with Crippen molar-refractivity contribution in [2.24, 2.45) is 0 Å². The second-order valence-corrected chi connectivity index (χ2v) is 11.0. The fraction of sp³-hybridized carbons (Fsp3) is 0.400. The summed E-state index contributed by atoms with van der Waals surface area (Å²) in [7, 11) is 0. The van der Waals surface area contributed by atoms with Gasteiger partial charge in [-0.25, -0.2) is 8.78 Å². The summed E-state index contributed by atoms with van der Waals surface area (Å²) in [5.41, 5.74) is 4.14. The van der Waals surface area contributed by atoms with Gasteiger partial charge in [-0.2, -0.15) is 4.98 Å². The van der Waals surface area contributed by atoms with Crippen molar-refractivity contribution in [2.75, 3.05) is 13.1 Å². The number of allylic oxidation sites excluding steroid dienone is 1. The van der Waals surface area contributed by atoms with Crippen molar-refractivity contribution in [3.8, 4) is 11.5 Å². The van der Waals surface area contributed by atoms with E-state index in [1.807, 2.05) is 6.07 Å². The number of fused-ring (bicyclic) bond motifs is 1. The normalized spacial score (nSPS) is 20.6. The van der Waals surface area contributed by atoms with Crippen LogP contribution in [0, 0.1) is 0 Å². The lowest BCUT2D eigenvalue weighted by Gasteiger charge is -2.31. The van der Waals surface area contributed by atoms with E-state index in [9.17, 15) is 18.4 Å². The molecule has 3 aromatic rings. The van der Waals surface area contributed by atoms with Crippen LogP contribution in [-0.2, 0) is 23.8 Å². The molecule has 0 bridgehead atoms. The number of hydrogen-bond donors (Lipinski definition) is 1. The lowest BCUT2D eigenvalue weighted by atomic mass is 9.88. The van der Waals surface area contributed by atoms with E-state index in [-0.39, 0.29) is 17.4 Å². The van der Waals surface area contributed by atoms with Crippen molar-refractivity contribution in [2.45, 2.75) is 63.6 Å². The maximum Gasteiger partial charge on any atom is 0.270 e. The highest BCUT2D eigenvalue weighted by Crippen LogP contribution is 2.34. The van der Waals surface area contributed by atoms with Crippen molar-refractivity contribution in [3.05, 3.63) is 82.8 Å². The average molecular weight is 548 g/mol. The van der Waals surface area contributed by atoms with Gasteiger partial charge < -0.3 is 14.7 Å². The van der Waals surface area contributed by atoms with Crippen LogP contribution in [0.3, 0.4) is 0 Å². The predicted molar refractivity (Wildman–Crippen MR) is 143 cm³/mol. The Morgan fingerprint density at radius 1 is 1.10 bits per heavy atom. The lowest BCUT2D eigenvalue weighted by Crippen LogP contribution is -2.49. The van der Waals surface area contributed by atoms with Crippen LogP contribution in [0.15, 0.2) is 59.3 Å². The Kier molecular flexibility index (Phi) is 6.74. The van der Waals surface area contributed by atoms with Crippen LogP contribution in [0.25, 0.3) is 11.5 Å². The number of hydrogen-bond acceptors (Lipinski definition) is 6. The van der Waals surface area contributed by atoms with Crippen LogP contribution < -0.4 is 5.32 Å². The number of amides is 2. The Balaban J connectivity index is 1.05. The molecule has 10 heteroatoms. The average Bonchev–Trinajstić information content (AvgIpc) is 3.53. The summed E-state index contributed by atoms with van der Waals surface area (Å²) in [5, 5.41) is 6.87. The van der Waals surface area contributed by atoms with E-state index in [1.54, 1.807) is 17.0 Å². The Morgan fingerprint density at radius 2 is 1.85 bits per heavy atom. The molecule has 6 rings (SSSR count). The Labute approximate surface area is 231 Å². The molecule has 0 spiro atoms. The molecule has 1 atom stereocenters. The molecule has 8 nitrogen and oxygen atoms in total. The number of carbonyl (C=O) groups is 2. The molecule has 1 N–H and O–H groups in total. The van der Waals surface area contributed by atoms with E-state index in [2.05, 4.69) is 39.1 Å². The quantitative estimate of drug-likeness (QED) is 0.468. The van der Waals surface area contributed by atoms with Gasteiger partial charge in [0.15, 0.2) is 5.82 Å². The number of benzene rings is 2. The van der Waals surface area contributed by atoms with E-state index in [0.717, 1.165) is 38.4 Å². The van der Waals surface area contributed by atoms with Crippen molar-refractivity contribution in [1.82, 2.24) is 25.3 Å². The monoisotopic (exact) mass is 547 g/mol. The number of halogens is 2. The third-order valence-electron chi connectivity index (χ3n) is 8.19. The first-order valence-electron chi connectivity index (χ1n) is 13.6. The van der Waals surface area contributed by atoms with Gasteiger partial charge in [-0.1, -0.05) is 36.0 Å². The smallest absolute Gasteiger partial charge is 0.270 e.